The van der Waals surface area contributed by atoms with Gasteiger partial charge < -0.3 is 19.9 Å². The van der Waals surface area contributed by atoms with Crippen LogP contribution in [0, 0.1) is 11.7 Å². The lowest BCUT2D eigenvalue weighted by Gasteiger charge is -2.37. The maximum absolute atomic E-state index is 14.2. The van der Waals surface area contributed by atoms with E-state index in [1.807, 2.05) is 0 Å². The van der Waals surface area contributed by atoms with Crippen molar-refractivity contribution >= 4 is 6.03 Å². The highest BCUT2D eigenvalue weighted by molar-refractivity contribution is 5.74. The van der Waals surface area contributed by atoms with Crippen LogP contribution in [-0.2, 0) is 13.1 Å². The molecule has 1 aliphatic rings. The van der Waals surface area contributed by atoms with Crippen LogP contribution in [0.25, 0.3) is 0 Å². The zero-order valence-corrected chi connectivity index (χ0v) is 16.9. The van der Waals surface area contributed by atoms with E-state index in [0.29, 0.717) is 5.56 Å². The molecule has 0 saturated carbocycles. The van der Waals surface area contributed by atoms with Crippen molar-refractivity contribution in [1.29, 1.82) is 0 Å². The Bertz CT molecular complexity index is 1430. The molecule has 1 atom stereocenters. The summed E-state index contributed by atoms with van der Waals surface area (Å²) < 4.78 is 146. The van der Waals surface area contributed by atoms with Gasteiger partial charge in [-0.25, -0.2) is 9.18 Å². The lowest BCUT2D eigenvalue weighted by molar-refractivity contribution is 0.127. The molecular weight excluding hydrogens is 393 g/mol. The second-order valence-corrected chi connectivity index (χ2v) is 6.78. The average molecular weight is 444 g/mol. The standard InChI is InChI=1S/C25H34FN3O2/c1-19(2)18-31-24-10-6-20(7-11-24)16-27-25(30)29(23-12-14-28(3)15-13-23)17-21-4-8-22(26)9-5-21/h4-11,19,23H,12-18H2,1-3H3,(H,27,30)/i1D2,2D3,4D,5D,8D,9D,14D2,15D2,18D2,19D. The van der Waals surface area contributed by atoms with Gasteiger partial charge >= 0.3 is 6.03 Å². The first-order chi connectivity index (χ1) is 21.3. The number of nitrogens with one attached hydrogen (secondary N) is 1. The van der Waals surface area contributed by atoms with Crippen LogP contribution in [0.1, 0.15) is 59.6 Å². The van der Waals surface area contributed by atoms with E-state index in [9.17, 15) is 9.18 Å². The fourth-order valence-corrected chi connectivity index (χ4v) is 2.84. The molecule has 3 rings (SSSR count). The number of likely N-dealkylation sites (tertiary alicyclic amines) is 1. The van der Waals surface area contributed by atoms with Gasteiger partial charge in [-0.15, -0.1) is 0 Å². The van der Waals surface area contributed by atoms with Crippen LogP contribution in [0.15, 0.2) is 48.4 Å². The highest BCUT2D eigenvalue weighted by Gasteiger charge is 2.27. The first-order valence-corrected chi connectivity index (χ1v) is 9.44. The third-order valence-corrected chi connectivity index (χ3v) is 4.45. The number of hydrogen-bond donors (Lipinski definition) is 1. The largest absolute Gasteiger partial charge is 0.493 e. The molecule has 6 heteroatoms. The SMILES string of the molecule is [2H]c1c([2H])c(CN(C(=O)NCc2ccc(OC([2H])([2H])C([2H])(C([2H])[2H])C([2H])([2H])[2H])cc2)C2CC([2H])([2H])N(C)C([2H])([2H])C2)c([2H])c([2H])c1F. The van der Waals surface area contributed by atoms with Gasteiger partial charge in [0, 0.05) is 32.8 Å². The fourth-order valence-electron chi connectivity index (χ4n) is 2.84. The van der Waals surface area contributed by atoms with Gasteiger partial charge in [0.25, 0.3) is 0 Å². The van der Waals surface area contributed by atoms with Gasteiger partial charge in [0.15, 0.2) is 0 Å². The first-order valence-electron chi connectivity index (χ1n) is 17.6. The fraction of sp³-hybridized carbons (Fsp3) is 0.480. The predicted octanol–water partition coefficient (Wildman–Crippen LogP) is 4.67. The summed E-state index contributed by atoms with van der Waals surface area (Å²) in [6.45, 7) is -14.5. The number of halogens is 1. The Morgan fingerprint density at radius 3 is 2.71 bits per heavy atom. The summed E-state index contributed by atoms with van der Waals surface area (Å²) in [4.78, 5) is 15.4. The number of benzene rings is 2. The van der Waals surface area contributed by atoms with Gasteiger partial charge in [0.05, 0.1) is 14.8 Å². The van der Waals surface area contributed by atoms with E-state index in [0.717, 1.165) is 9.80 Å². The normalized spacial score (nSPS) is 28.7. The van der Waals surface area contributed by atoms with Crippen molar-refractivity contribution in [3.63, 3.8) is 0 Å². The zero-order chi connectivity index (χ0) is 36.1. The molecule has 1 aliphatic heterocycles. The summed E-state index contributed by atoms with van der Waals surface area (Å²) >= 11 is 0. The van der Waals surface area contributed by atoms with Crippen molar-refractivity contribution in [1.82, 2.24) is 15.1 Å². The van der Waals surface area contributed by atoms with Gasteiger partial charge in [-0.3, -0.25) is 0 Å². The topological polar surface area (TPSA) is 44.8 Å². The van der Waals surface area contributed by atoms with Crippen LogP contribution in [0.4, 0.5) is 9.18 Å². The van der Waals surface area contributed by atoms with Crippen LogP contribution in [0.5, 0.6) is 5.75 Å². The molecule has 1 heterocycles. The second kappa shape index (κ2) is 11.1. The summed E-state index contributed by atoms with van der Waals surface area (Å²) in [5, 5.41) is 2.56. The van der Waals surface area contributed by atoms with Crippen LogP contribution >= 0.6 is 0 Å². The van der Waals surface area contributed by atoms with Gasteiger partial charge in [-0.2, -0.15) is 0 Å². The number of rotatable bonds is 8. The van der Waals surface area contributed by atoms with E-state index in [1.54, 1.807) is 0 Å². The van der Waals surface area contributed by atoms with Crippen molar-refractivity contribution < 1.29 is 35.9 Å². The molecule has 5 nitrogen and oxygen atoms in total. The van der Waals surface area contributed by atoms with E-state index in [1.165, 1.54) is 31.3 Å². The smallest absolute Gasteiger partial charge is 0.318 e. The molecule has 2 aromatic rings. The average Bonchev–Trinajstić information content (AvgIpc) is 2.95. The van der Waals surface area contributed by atoms with E-state index >= 15 is 0 Å². The Hall–Kier alpha value is -2.60. The van der Waals surface area contributed by atoms with Gasteiger partial charge in [0.2, 0.25) is 0 Å². The summed E-state index contributed by atoms with van der Waals surface area (Å²) in [7, 11) is 1.24. The van der Waals surface area contributed by atoms with Gasteiger partial charge in [0.1, 0.15) is 11.6 Å². The second-order valence-electron chi connectivity index (χ2n) is 6.78. The summed E-state index contributed by atoms with van der Waals surface area (Å²) in [5.74, 6) is -4.90. The van der Waals surface area contributed by atoms with Crippen LogP contribution in [0.3, 0.4) is 0 Å². The molecule has 1 N–H and O–H groups in total. The number of piperidine rings is 1. The predicted molar refractivity (Wildman–Crippen MR) is 121 cm³/mol. The van der Waals surface area contributed by atoms with E-state index in [4.69, 9.17) is 26.7 Å². The van der Waals surface area contributed by atoms with Crippen molar-refractivity contribution in [2.75, 3.05) is 26.6 Å². The minimum Gasteiger partial charge on any atom is -0.493 e. The third kappa shape index (κ3) is 7.24. The molecule has 31 heavy (non-hydrogen) atoms. The number of hydrogen-bond acceptors (Lipinski definition) is 3. The maximum Gasteiger partial charge on any atom is 0.318 e. The number of amides is 2. The molecule has 1 saturated heterocycles. The maximum atomic E-state index is 14.2. The van der Waals surface area contributed by atoms with E-state index in [-0.39, 0.29) is 30.7 Å². The Labute approximate surface area is 207 Å². The third-order valence-electron chi connectivity index (χ3n) is 4.45. The molecule has 1 unspecified atom stereocenters. The molecule has 0 bridgehead atoms. The molecule has 2 aromatic carbocycles. The first kappa shape index (κ1) is 9.90. The lowest BCUT2D eigenvalue weighted by Crippen LogP contribution is -2.49. The number of ether oxygens (including phenoxy) is 1. The molecule has 0 aromatic heterocycles. The lowest BCUT2D eigenvalue weighted by atomic mass is 10.0. The van der Waals surface area contributed by atoms with Crippen molar-refractivity contribution in [3.05, 3.63) is 65.4 Å². The Kier molecular flexibility index (Phi) is 3.56. The van der Waals surface area contributed by atoms with Gasteiger partial charge in [-0.05, 0) is 74.1 Å². The van der Waals surface area contributed by atoms with Crippen molar-refractivity contribution in [2.45, 2.75) is 45.7 Å². The van der Waals surface area contributed by atoms with Crippen molar-refractivity contribution in [3.8, 4) is 5.75 Å². The monoisotopic (exact) mass is 443 g/mol. The van der Waals surface area contributed by atoms with Crippen LogP contribution in [-0.4, -0.2) is 48.5 Å². The Morgan fingerprint density at radius 1 is 1.35 bits per heavy atom. The molecule has 0 radical (unpaired) electrons. The number of nitrogens with zero attached hydrogens (tertiary/aromatic N) is 2. The minimum atomic E-state index is -3.38. The van der Waals surface area contributed by atoms with E-state index in [2.05, 4.69) is 5.32 Å². The highest BCUT2D eigenvalue weighted by atomic mass is 19.1. The molecule has 0 aliphatic carbocycles. The Balaban J connectivity index is 1.88. The zero-order valence-electron chi connectivity index (χ0n) is 32.9. The highest BCUT2D eigenvalue weighted by Crippen LogP contribution is 2.19. The van der Waals surface area contributed by atoms with Crippen LogP contribution < -0.4 is 10.1 Å². The molecular formula is C25H34FN3O2. The van der Waals surface area contributed by atoms with E-state index < -0.39 is 87.8 Å². The van der Waals surface area contributed by atoms with Crippen LogP contribution in [0.2, 0.25) is 0 Å². The number of carbonyl (C=O) groups excluding carboxylic acids is 1. The Morgan fingerprint density at radius 2 is 2.06 bits per heavy atom. The summed E-state index contributed by atoms with van der Waals surface area (Å²) in [5.41, 5.74) is 0.00981. The number of urea groups is 1. The molecule has 168 valence electrons. The van der Waals surface area contributed by atoms with Gasteiger partial charge in [-0.1, -0.05) is 37.9 Å². The summed E-state index contributed by atoms with van der Waals surface area (Å²) in [6, 6.07) is -0.405. The molecule has 2 amide bonds. The minimum absolute atomic E-state index is 0.230. The quantitative estimate of drug-likeness (QED) is 0.645. The number of carbonyl (C=O) groups is 1. The summed E-state index contributed by atoms with van der Waals surface area (Å²) in [6.07, 6.45) is -0.780. The molecule has 1 fully saturated rings. The molecule has 0 spiro atoms. The van der Waals surface area contributed by atoms with Crippen molar-refractivity contribution in [2.24, 2.45) is 5.89 Å².